The maximum atomic E-state index is 5.82. The van der Waals surface area contributed by atoms with E-state index in [4.69, 9.17) is 23.1 Å². The SMILES string of the molecule is C.C[CH-]C.C[CH-]C.Cc1ccnc(C(C)C)c1N.Cc1ccnc(Cl)c1N.[Zn+2]. The number of aromatic nitrogens is 2. The van der Waals surface area contributed by atoms with Gasteiger partial charge in [-0.3, -0.25) is 4.98 Å². The van der Waals surface area contributed by atoms with Crippen molar-refractivity contribution in [2.75, 3.05) is 11.5 Å². The normalized spacial score (nSPS) is 8.50. The molecule has 2 aromatic heterocycles. The van der Waals surface area contributed by atoms with E-state index in [1.165, 1.54) is 0 Å². The third-order valence-corrected chi connectivity index (χ3v) is 3.25. The number of aryl methyl sites for hydroxylation is 2. The zero-order valence-electron chi connectivity index (χ0n) is 18.2. The second-order valence-electron chi connectivity index (χ2n) is 6.07. The van der Waals surface area contributed by atoms with Crippen molar-refractivity contribution in [1.82, 2.24) is 9.97 Å². The molecule has 0 atom stereocenters. The van der Waals surface area contributed by atoms with E-state index < -0.39 is 0 Å². The van der Waals surface area contributed by atoms with Crippen LogP contribution in [-0.4, -0.2) is 9.97 Å². The summed E-state index contributed by atoms with van der Waals surface area (Å²) >= 11 is 5.58. The number of anilines is 2. The zero-order chi connectivity index (χ0) is 20.7. The van der Waals surface area contributed by atoms with Crippen molar-refractivity contribution >= 4 is 23.0 Å². The number of rotatable bonds is 1. The van der Waals surface area contributed by atoms with Crippen LogP contribution in [0.3, 0.4) is 0 Å². The Morgan fingerprint density at radius 1 is 0.857 bits per heavy atom. The molecule has 2 rings (SSSR count). The van der Waals surface area contributed by atoms with Crippen LogP contribution in [0.15, 0.2) is 24.5 Å². The molecular formula is C22H39ClN4Zn. The molecule has 156 valence electrons. The Hall–Kier alpha value is -1.19. The van der Waals surface area contributed by atoms with Gasteiger partial charge >= 0.3 is 19.5 Å². The fraction of sp³-hybridized carbons (Fsp3) is 0.455. The predicted octanol–water partition coefficient (Wildman–Crippen LogP) is 6.82. The maximum absolute atomic E-state index is 5.82. The summed E-state index contributed by atoms with van der Waals surface area (Å²) in [4.78, 5) is 7.99. The first-order valence-electron chi connectivity index (χ1n) is 8.73. The number of pyridine rings is 2. The predicted molar refractivity (Wildman–Crippen MR) is 124 cm³/mol. The Balaban J connectivity index is -0.000000154. The van der Waals surface area contributed by atoms with E-state index in [-0.39, 0.29) is 26.9 Å². The van der Waals surface area contributed by atoms with Gasteiger partial charge in [-0.1, -0.05) is 32.9 Å². The number of hydrogen-bond acceptors (Lipinski definition) is 4. The molecule has 0 aliphatic heterocycles. The maximum Gasteiger partial charge on any atom is 2.00 e. The second-order valence-corrected chi connectivity index (χ2v) is 6.43. The largest absolute Gasteiger partial charge is 2.00 e. The number of nitrogen functional groups attached to an aromatic ring is 2. The van der Waals surface area contributed by atoms with E-state index in [2.05, 4.69) is 23.8 Å². The molecule has 0 radical (unpaired) electrons. The van der Waals surface area contributed by atoms with E-state index in [1.807, 2.05) is 66.5 Å². The van der Waals surface area contributed by atoms with Crippen LogP contribution in [0.2, 0.25) is 5.15 Å². The van der Waals surface area contributed by atoms with E-state index in [9.17, 15) is 0 Å². The molecule has 0 saturated carbocycles. The molecule has 4 nitrogen and oxygen atoms in total. The average Bonchev–Trinajstić information content (AvgIpc) is 2.57. The Bertz CT molecular complexity index is 597. The molecule has 0 aromatic carbocycles. The number of halogens is 1. The monoisotopic (exact) mass is 458 g/mol. The van der Waals surface area contributed by atoms with E-state index in [0.29, 0.717) is 16.8 Å². The molecule has 0 spiro atoms. The van der Waals surface area contributed by atoms with Gasteiger partial charge in [0.05, 0.1) is 17.1 Å². The van der Waals surface area contributed by atoms with E-state index in [1.54, 1.807) is 12.4 Å². The van der Waals surface area contributed by atoms with Gasteiger partial charge in [-0.15, -0.1) is 0 Å². The summed E-state index contributed by atoms with van der Waals surface area (Å²) in [6.45, 7) is 16.1. The standard InChI is InChI=1S/C9H14N2.C6H7ClN2.2C3H7.CH4.Zn/c1-6(2)9-8(10)7(3)4-5-11-9;1-4-2-3-9-6(7)5(4)8;2*1-3-2;;/h4-6H,10H2,1-3H3;2-3H,8H2,1H3;2*3H,1-2H3;1H4;/q;;2*-1;;+2. The summed E-state index contributed by atoms with van der Waals surface area (Å²) in [6.07, 6.45) is 7.44. The van der Waals surface area contributed by atoms with Gasteiger partial charge in [0.15, 0.2) is 5.15 Å². The average molecular weight is 460 g/mol. The van der Waals surface area contributed by atoms with Crippen LogP contribution >= 0.6 is 11.6 Å². The smallest absolute Gasteiger partial charge is 0.397 e. The van der Waals surface area contributed by atoms with Crippen LogP contribution in [0.4, 0.5) is 11.4 Å². The van der Waals surface area contributed by atoms with Crippen molar-refractivity contribution in [3.05, 3.63) is 59.3 Å². The molecular weight excluding hydrogens is 421 g/mol. The van der Waals surface area contributed by atoms with E-state index in [0.717, 1.165) is 22.5 Å². The van der Waals surface area contributed by atoms with Crippen molar-refractivity contribution < 1.29 is 19.5 Å². The van der Waals surface area contributed by atoms with Crippen LogP contribution in [0.25, 0.3) is 0 Å². The minimum absolute atomic E-state index is 0. The molecule has 6 heteroatoms. The minimum atomic E-state index is 0. The van der Waals surface area contributed by atoms with Gasteiger partial charge in [-0.05, 0) is 43.0 Å². The molecule has 4 N–H and O–H groups in total. The Morgan fingerprint density at radius 3 is 1.50 bits per heavy atom. The summed E-state index contributed by atoms with van der Waals surface area (Å²) in [7, 11) is 0. The topological polar surface area (TPSA) is 77.8 Å². The summed E-state index contributed by atoms with van der Waals surface area (Å²) in [5.41, 5.74) is 15.8. The number of nitrogens with two attached hydrogens (primary N) is 2. The fourth-order valence-electron chi connectivity index (χ4n) is 1.59. The van der Waals surface area contributed by atoms with Gasteiger partial charge in [0.2, 0.25) is 0 Å². The van der Waals surface area contributed by atoms with Crippen molar-refractivity contribution in [3.63, 3.8) is 0 Å². The third kappa shape index (κ3) is 14.8. The van der Waals surface area contributed by atoms with Gasteiger partial charge in [-0.2, -0.15) is 27.7 Å². The number of nitrogens with zero attached hydrogens (tertiary/aromatic N) is 2. The Morgan fingerprint density at radius 2 is 1.21 bits per heavy atom. The molecule has 2 aromatic rings. The first-order valence-corrected chi connectivity index (χ1v) is 9.10. The van der Waals surface area contributed by atoms with Gasteiger partial charge in [-0.25, -0.2) is 4.98 Å². The van der Waals surface area contributed by atoms with Crippen LogP contribution in [0.1, 0.15) is 71.7 Å². The fourth-order valence-corrected chi connectivity index (χ4v) is 1.79. The zero-order valence-corrected chi connectivity index (χ0v) is 21.9. The molecule has 0 saturated heterocycles. The van der Waals surface area contributed by atoms with Crippen LogP contribution < -0.4 is 11.5 Å². The summed E-state index contributed by atoms with van der Waals surface area (Å²) in [5, 5.41) is 0.384. The third-order valence-electron chi connectivity index (χ3n) is 2.95. The molecule has 28 heavy (non-hydrogen) atoms. The molecule has 2 heterocycles. The van der Waals surface area contributed by atoms with Crippen molar-refractivity contribution in [3.8, 4) is 0 Å². The van der Waals surface area contributed by atoms with Gasteiger partial charge in [0.25, 0.3) is 0 Å². The Labute approximate surface area is 191 Å². The number of hydrogen-bond donors (Lipinski definition) is 2. The van der Waals surface area contributed by atoms with Gasteiger partial charge < -0.3 is 24.3 Å². The first kappa shape index (κ1) is 34.3. The molecule has 0 aliphatic rings. The quantitative estimate of drug-likeness (QED) is 0.278. The minimum Gasteiger partial charge on any atom is -0.397 e. The molecule has 0 unspecified atom stereocenters. The molecule has 0 amide bonds. The Kier molecular flexibility index (Phi) is 25.2. The second kappa shape index (κ2) is 20.5. The first-order chi connectivity index (χ1) is 12.2. The summed E-state index contributed by atoms with van der Waals surface area (Å²) < 4.78 is 0. The molecule has 0 aliphatic carbocycles. The van der Waals surface area contributed by atoms with Crippen LogP contribution in [-0.2, 0) is 19.5 Å². The summed E-state index contributed by atoms with van der Waals surface area (Å²) in [6, 6.07) is 3.75. The molecule has 0 fully saturated rings. The van der Waals surface area contributed by atoms with Crippen LogP contribution in [0, 0.1) is 26.7 Å². The van der Waals surface area contributed by atoms with Gasteiger partial charge in [0.1, 0.15) is 0 Å². The van der Waals surface area contributed by atoms with E-state index >= 15 is 0 Å². The van der Waals surface area contributed by atoms with Crippen molar-refractivity contribution in [2.24, 2.45) is 0 Å². The van der Waals surface area contributed by atoms with Crippen LogP contribution in [0.5, 0.6) is 0 Å². The van der Waals surface area contributed by atoms with Crippen molar-refractivity contribution in [1.29, 1.82) is 0 Å². The summed E-state index contributed by atoms with van der Waals surface area (Å²) in [5.74, 6) is 0.412. The van der Waals surface area contributed by atoms with Gasteiger partial charge in [0, 0.05) is 12.4 Å². The van der Waals surface area contributed by atoms with Crippen molar-refractivity contribution in [2.45, 2.75) is 68.7 Å². The molecule has 0 bridgehead atoms.